The van der Waals surface area contributed by atoms with Crippen molar-refractivity contribution in [3.05, 3.63) is 65.5 Å². The van der Waals surface area contributed by atoms with Gasteiger partial charge in [-0.1, -0.05) is 31.5 Å². The first-order valence-electron chi connectivity index (χ1n) is 10.0. The minimum Gasteiger partial charge on any atom is -0.496 e. The smallest absolute Gasteiger partial charge is 0.253 e. The van der Waals surface area contributed by atoms with Crippen LogP contribution in [0.1, 0.15) is 41.6 Å². The highest BCUT2D eigenvalue weighted by Gasteiger charge is 2.41. The first kappa shape index (κ1) is 20.8. The Morgan fingerprint density at radius 1 is 1.14 bits per heavy atom. The van der Waals surface area contributed by atoms with E-state index in [2.05, 4.69) is 12.2 Å². The molecule has 1 aliphatic heterocycles. The standard InChI is InChI=1S/C23H27FN2O3/c1-3-4-13-25-22(27)20-15-26(23(28)16-9-11-17(24)12-10-16)14-19(20)18-7-5-6-8-21(18)29-2/h5-12,19-20H,3-4,13-15H2,1-2H3,(H,25,27). The predicted octanol–water partition coefficient (Wildman–Crippen LogP) is 3.61. The molecule has 3 rings (SSSR count). The van der Waals surface area contributed by atoms with E-state index in [1.165, 1.54) is 24.3 Å². The molecule has 2 aromatic carbocycles. The number of nitrogens with one attached hydrogen (secondary N) is 1. The largest absolute Gasteiger partial charge is 0.496 e. The van der Waals surface area contributed by atoms with Gasteiger partial charge in [0.05, 0.1) is 13.0 Å². The second-order valence-corrected chi connectivity index (χ2v) is 7.32. The number of nitrogens with zero attached hydrogens (tertiary/aromatic N) is 1. The van der Waals surface area contributed by atoms with Gasteiger partial charge in [0.25, 0.3) is 5.91 Å². The molecule has 0 bridgehead atoms. The summed E-state index contributed by atoms with van der Waals surface area (Å²) in [6, 6.07) is 13.1. The number of amides is 2. The normalized spacial score (nSPS) is 18.5. The van der Waals surface area contributed by atoms with Crippen molar-refractivity contribution in [1.29, 1.82) is 0 Å². The number of methoxy groups -OCH3 is 1. The van der Waals surface area contributed by atoms with Crippen molar-refractivity contribution in [1.82, 2.24) is 10.2 Å². The van der Waals surface area contributed by atoms with Crippen molar-refractivity contribution >= 4 is 11.8 Å². The van der Waals surface area contributed by atoms with Crippen LogP contribution in [-0.2, 0) is 4.79 Å². The van der Waals surface area contributed by atoms with Crippen LogP contribution in [0.15, 0.2) is 48.5 Å². The van der Waals surface area contributed by atoms with Crippen LogP contribution in [0.5, 0.6) is 5.75 Å². The average molecular weight is 398 g/mol. The van der Waals surface area contributed by atoms with Crippen molar-refractivity contribution in [2.24, 2.45) is 5.92 Å². The molecule has 1 saturated heterocycles. The molecule has 29 heavy (non-hydrogen) atoms. The molecule has 0 aromatic heterocycles. The molecule has 2 aromatic rings. The molecular formula is C23H27FN2O3. The summed E-state index contributed by atoms with van der Waals surface area (Å²) in [6.07, 6.45) is 1.91. The lowest BCUT2D eigenvalue weighted by molar-refractivity contribution is -0.124. The minimum atomic E-state index is -0.386. The summed E-state index contributed by atoms with van der Waals surface area (Å²) in [4.78, 5) is 27.5. The molecule has 154 valence electrons. The van der Waals surface area contributed by atoms with E-state index in [1.54, 1.807) is 12.0 Å². The zero-order chi connectivity index (χ0) is 20.8. The van der Waals surface area contributed by atoms with Gasteiger partial charge >= 0.3 is 0 Å². The average Bonchev–Trinajstić information content (AvgIpc) is 3.19. The molecule has 2 unspecified atom stereocenters. The molecule has 1 N–H and O–H groups in total. The van der Waals surface area contributed by atoms with Gasteiger partial charge in [-0.3, -0.25) is 9.59 Å². The zero-order valence-corrected chi connectivity index (χ0v) is 16.9. The van der Waals surface area contributed by atoms with Crippen LogP contribution in [0.4, 0.5) is 4.39 Å². The van der Waals surface area contributed by atoms with Crippen LogP contribution in [0.3, 0.4) is 0 Å². The van der Waals surface area contributed by atoms with Crippen LogP contribution in [0.25, 0.3) is 0 Å². The molecule has 2 atom stereocenters. The van der Waals surface area contributed by atoms with Gasteiger partial charge in [0.2, 0.25) is 5.91 Å². The number of para-hydroxylation sites is 1. The Morgan fingerprint density at radius 2 is 1.86 bits per heavy atom. The van der Waals surface area contributed by atoms with E-state index in [-0.39, 0.29) is 29.5 Å². The topological polar surface area (TPSA) is 58.6 Å². The molecule has 0 aliphatic carbocycles. The summed E-state index contributed by atoms with van der Waals surface area (Å²) in [5.41, 5.74) is 1.33. The third-order valence-corrected chi connectivity index (χ3v) is 5.40. The molecule has 0 saturated carbocycles. The van der Waals surface area contributed by atoms with Gasteiger partial charge in [-0.25, -0.2) is 4.39 Å². The summed E-state index contributed by atoms with van der Waals surface area (Å²) in [7, 11) is 1.60. The lowest BCUT2D eigenvalue weighted by Gasteiger charge is -2.20. The fourth-order valence-electron chi connectivity index (χ4n) is 3.82. The van der Waals surface area contributed by atoms with E-state index in [0.717, 1.165) is 18.4 Å². The van der Waals surface area contributed by atoms with E-state index in [9.17, 15) is 14.0 Å². The van der Waals surface area contributed by atoms with Gasteiger partial charge in [-0.2, -0.15) is 0 Å². The molecule has 2 amide bonds. The third-order valence-electron chi connectivity index (χ3n) is 5.40. The number of halogens is 1. The molecule has 6 heteroatoms. The third kappa shape index (κ3) is 4.75. The van der Waals surface area contributed by atoms with Gasteiger partial charge in [-0.05, 0) is 42.3 Å². The highest BCUT2D eigenvalue weighted by atomic mass is 19.1. The monoisotopic (exact) mass is 398 g/mol. The molecule has 5 nitrogen and oxygen atoms in total. The molecule has 0 spiro atoms. The second kappa shape index (κ2) is 9.54. The maximum Gasteiger partial charge on any atom is 0.253 e. The quantitative estimate of drug-likeness (QED) is 0.725. The number of hydrogen-bond acceptors (Lipinski definition) is 3. The van der Waals surface area contributed by atoms with E-state index < -0.39 is 0 Å². The van der Waals surface area contributed by atoms with Crippen LogP contribution in [0.2, 0.25) is 0 Å². The zero-order valence-electron chi connectivity index (χ0n) is 16.9. The van der Waals surface area contributed by atoms with E-state index >= 15 is 0 Å². The van der Waals surface area contributed by atoms with E-state index in [0.29, 0.717) is 30.9 Å². The molecule has 1 fully saturated rings. The van der Waals surface area contributed by atoms with Gasteiger partial charge in [-0.15, -0.1) is 0 Å². The molecule has 1 aliphatic rings. The number of benzene rings is 2. The number of likely N-dealkylation sites (tertiary alicyclic amines) is 1. The Bertz CT molecular complexity index is 853. The van der Waals surface area contributed by atoms with Crippen molar-refractivity contribution in [2.75, 3.05) is 26.7 Å². The van der Waals surface area contributed by atoms with Gasteiger partial charge in [0.1, 0.15) is 11.6 Å². The summed E-state index contributed by atoms with van der Waals surface area (Å²) < 4.78 is 18.7. The van der Waals surface area contributed by atoms with Gasteiger partial charge < -0.3 is 15.0 Å². The fourth-order valence-corrected chi connectivity index (χ4v) is 3.82. The summed E-state index contributed by atoms with van der Waals surface area (Å²) >= 11 is 0. The molecule has 1 heterocycles. The summed E-state index contributed by atoms with van der Waals surface area (Å²) in [5.74, 6) is -0.467. The van der Waals surface area contributed by atoms with Crippen LogP contribution >= 0.6 is 0 Å². The van der Waals surface area contributed by atoms with Gasteiger partial charge in [0.15, 0.2) is 0 Å². The van der Waals surface area contributed by atoms with E-state index in [4.69, 9.17) is 4.74 Å². The fraction of sp³-hybridized carbons (Fsp3) is 0.391. The predicted molar refractivity (Wildman–Crippen MR) is 109 cm³/mol. The number of carbonyl (C=O) groups is 2. The number of unbranched alkanes of at least 4 members (excludes halogenated alkanes) is 1. The van der Waals surface area contributed by atoms with Crippen LogP contribution in [-0.4, -0.2) is 43.5 Å². The lowest BCUT2D eigenvalue weighted by atomic mass is 9.87. The number of hydrogen-bond donors (Lipinski definition) is 1. The molecule has 0 radical (unpaired) electrons. The van der Waals surface area contributed by atoms with Crippen LogP contribution in [0, 0.1) is 11.7 Å². The van der Waals surface area contributed by atoms with Gasteiger partial charge in [0, 0.05) is 31.1 Å². The maximum absolute atomic E-state index is 13.2. The Morgan fingerprint density at radius 3 is 2.55 bits per heavy atom. The highest BCUT2D eigenvalue weighted by Crippen LogP contribution is 2.38. The van der Waals surface area contributed by atoms with Crippen molar-refractivity contribution in [3.63, 3.8) is 0 Å². The Labute approximate surface area is 170 Å². The summed E-state index contributed by atoms with van der Waals surface area (Å²) in [5, 5.41) is 3.00. The van der Waals surface area contributed by atoms with Crippen molar-refractivity contribution in [3.8, 4) is 5.75 Å². The first-order valence-corrected chi connectivity index (χ1v) is 10.0. The Kier molecular flexibility index (Phi) is 6.86. The minimum absolute atomic E-state index is 0.0521. The highest BCUT2D eigenvalue weighted by molar-refractivity contribution is 5.95. The summed E-state index contributed by atoms with van der Waals surface area (Å²) in [6.45, 7) is 3.41. The lowest BCUT2D eigenvalue weighted by Crippen LogP contribution is -2.36. The SMILES string of the molecule is CCCCNC(=O)C1CN(C(=O)c2ccc(F)cc2)CC1c1ccccc1OC. The first-order chi connectivity index (χ1) is 14.0. The maximum atomic E-state index is 13.2. The van der Waals surface area contributed by atoms with Crippen molar-refractivity contribution < 1.29 is 18.7 Å². The van der Waals surface area contributed by atoms with Crippen molar-refractivity contribution in [2.45, 2.75) is 25.7 Å². The van der Waals surface area contributed by atoms with E-state index in [1.807, 2.05) is 24.3 Å². The number of carbonyl (C=O) groups excluding carboxylic acids is 2. The van der Waals surface area contributed by atoms with Crippen LogP contribution < -0.4 is 10.1 Å². The second-order valence-electron chi connectivity index (χ2n) is 7.32. The number of ether oxygens (including phenoxy) is 1. The Balaban J connectivity index is 1.86. The Hall–Kier alpha value is -2.89. The number of rotatable bonds is 7. The molecular weight excluding hydrogens is 371 g/mol.